The van der Waals surface area contributed by atoms with Crippen molar-refractivity contribution in [2.24, 2.45) is 0 Å². The van der Waals surface area contributed by atoms with Crippen molar-refractivity contribution in [3.63, 3.8) is 0 Å². The summed E-state index contributed by atoms with van der Waals surface area (Å²) < 4.78 is 6.98. The number of aromatic nitrogens is 10. The van der Waals surface area contributed by atoms with E-state index < -0.39 is 0 Å². The first-order valence-corrected chi connectivity index (χ1v) is 9.88. The number of pyridine rings is 2. The molecule has 0 bridgehead atoms. The Morgan fingerprint density at radius 2 is 0.812 bits per heavy atom. The molecular weight excluding hydrogens is 404 g/mol. The lowest BCUT2D eigenvalue weighted by atomic mass is 10.2. The largest absolute Gasteiger partial charge is 0.241 e. The fourth-order valence-corrected chi connectivity index (χ4v) is 3.42. The lowest BCUT2D eigenvalue weighted by Crippen LogP contribution is -2.06. The van der Waals surface area contributed by atoms with Gasteiger partial charge in [0.15, 0.2) is 11.6 Å². The molecule has 6 heterocycles. The molecule has 0 saturated heterocycles. The Morgan fingerprint density at radius 1 is 0.438 bits per heavy atom. The van der Waals surface area contributed by atoms with Crippen LogP contribution in [0.25, 0.3) is 34.4 Å². The van der Waals surface area contributed by atoms with Crippen LogP contribution in [0.1, 0.15) is 0 Å². The van der Waals surface area contributed by atoms with E-state index in [1.807, 2.05) is 73.3 Å². The molecular formula is C22H16N10. The molecule has 32 heavy (non-hydrogen) atoms. The Labute approximate surface area is 182 Å². The molecule has 10 nitrogen and oxygen atoms in total. The molecule has 10 heteroatoms. The molecule has 0 aliphatic heterocycles. The maximum absolute atomic E-state index is 4.84. The van der Waals surface area contributed by atoms with Crippen LogP contribution in [0.5, 0.6) is 0 Å². The second-order valence-corrected chi connectivity index (χ2v) is 6.94. The minimum Gasteiger partial charge on any atom is -0.241 e. The van der Waals surface area contributed by atoms with Crippen LogP contribution in [0.3, 0.4) is 0 Å². The summed E-state index contributed by atoms with van der Waals surface area (Å²) >= 11 is 0. The van der Waals surface area contributed by atoms with Crippen molar-refractivity contribution < 1.29 is 0 Å². The Kier molecular flexibility index (Phi) is 4.17. The van der Waals surface area contributed by atoms with E-state index in [9.17, 15) is 0 Å². The molecule has 0 fully saturated rings. The molecule has 0 unspecified atom stereocenters. The van der Waals surface area contributed by atoms with Crippen molar-refractivity contribution in [3.8, 4) is 34.4 Å². The molecule has 0 atom stereocenters. The molecule has 154 valence electrons. The molecule has 0 radical (unpaired) electrons. The Hall–Kier alpha value is -4.86. The summed E-state index contributed by atoms with van der Waals surface area (Å²) in [5.74, 6) is 1.31. The van der Waals surface area contributed by atoms with E-state index in [2.05, 4.69) is 20.4 Å². The van der Waals surface area contributed by atoms with Crippen molar-refractivity contribution in [1.82, 2.24) is 49.1 Å². The monoisotopic (exact) mass is 420 g/mol. The predicted molar refractivity (Wildman–Crippen MR) is 116 cm³/mol. The van der Waals surface area contributed by atoms with Gasteiger partial charge in [-0.2, -0.15) is 20.4 Å². The van der Waals surface area contributed by atoms with Gasteiger partial charge in [-0.05, 0) is 36.4 Å². The number of nitrogens with zero attached hydrogens (tertiary/aromatic N) is 10. The topological polar surface area (TPSA) is 97.1 Å². The first-order chi connectivity index (χ1) is 15.8. The van der Waals surface area contributed by atoms with E-state index >= 15 is 0 Å². The standard InChI is InChI=1S/C22H16N10/c1-5-23-29(9-1)17-13-19(27-21(15-17)31-11-3-7-25-31)20-14-18(30-10-2-6-24-30)16-22(28-20)32-12-4-8-26-32/h1-16H. The van der Waals surface area contributed by atoms with Crippen LogP contribution in [0.2, 0.25) is 0 Å². The average Bonchev–Trinajstić information content (AvgIpc) is 3.67. The maximum Gasteiger partial charge on any atom is 0.156 e. The highest BCUT2D eigenvalue weighted by atomic mass is 15.3. The van der Waals surface area contributed by atoms with Crippen molar-refractivity contribution >= 4 is 0 Å². The third kappa shape index (κ3) is 3.25. The zero-order chi connectivity index (χ0) is 21.3. The van der Waals surface area contributed by atoms with Gasteiger partial charge in [-0.25, -0.2) is 28.7 Å². The molecule has 0 aliphatic carbocycles. The van der Waals surface area contributed by atoms with Crippen LogP contribution in [0, 0.1) is 0 Å². The van der Waals surface area contributed by atoms with Gasteiger partial charge >= 0.3 is 0 Å². The smallest absolute Gasteiger partial charge is 0.156 e. The third-order valence-electron chi connectivity index (χ3n) is 4.87. The van der Waals surface area contributed by atoms with Gasteiger partial charge in [0, 0.05) is 61.7 Å². The van der Waals surface area contributed by atoms with E-state index in [1.54, 1.807) is 43.5 Å². The zero-order valence-electron chi connectivity index (χ0n) is 16.7. The summed E-state index contributed by atoms with van der Waals surface area (Å²) in [7, 11) is 0. The fraction of sp³-hybridized carbons (Fsp3) is 0. The van der Waals surface area contributed by atoms with Gasteiger partial charge in [0.05, 0.1) is 22.8 Å². The summed E-state index contributed by atoms with van der Waals surface area (Å²) in [5, 5.41) is 17.4. The molecule has 0 N–H and O–H groups in total. The lowest BCUT2D eigenvalue weighted by molar-refractivity contribution is 0.823. The highest BCUT2D eigenvalue weighted by Crippen LogP contribution is 2.25. The van der Waals surface area contributed by atoms with Gasteiger partial charge in [-0.1, -0.05) is 0 Å². The Balaban J connectivity index is 1.57. The minimum atomic E-state index is 0.657. The Bertz CT molecular complexity index is 1230. The third-order valence-corrected chi connectivity index (χ3v) is 4.87. The van der Waals surface area contributed by atoms with Crippen LogP contribution in [0.15, 0.2) is 98.1 Å². The fourth-order valence-electron chi connectivity index (χ4n) is 3.42. The van der Waals surface area contributed by atoms with Crippen LogP contribution in [-0.2, 0) is 0 Å². The van der Waals surface area contributed by atoms with Gasteiger partial charge in [0.1, 0.15) is 0 Å². The van der Waals surface area contributed by atoms with Crippen molar-refractivity contribution in [1.29, 1.82) is 0 Å². The molecule has 0 aromatic carbocycles. The SMILES string of the molecule is c1cnn(-c2cc(-c3cc(-n4cccn4)cc(-n4cccn4)n3)nc(-n3cccn3)c2)c1. The molecule has 0 amide bonds. The van der Waals surface area contributed by atoms with Gasteiger partial charge in [0.2, 0.25) is 0 Å². The summed E-state index contributed by atoms with van der Waals surface area (Å²) in [4.78, 5) is 9.68. The van der Waals surface area contributed by atoms with Crippen LogP contribution >= 0.6 is 0 Å². The first kappa shape index (κ1) is 18.0. The summed E-state index contributed by atoms with van der Waals surface area (Å²) in [6.45, 7) is 0. The number of hydrogen-bond donors (Lipinski definition) is 0. The van der Waals surface area contributed by atoms with Crippen LogP contribution in [0.4, 0.5) is 0 Å². The summed E-state index contributed by atoms with van der Waals surface area (Å²) in [6.07, 6.45) is 14.4. The molecule has 0 spiro atoms. The van der Waals surface area contributed by atoms with Gasteiger partial charge in [-0.3, -0.25) is 0 Å². The number of hydrogen-bond acceptors (Lipinski definition) is 6. The van der Waals surface area contributed by atoms with Gasteiger partial charge in [-0.15, -0.1) is 0 Å². The lowest BCUT2D eigenvalue weighted by Gasteiger charge is -2.12. The van der Waals surface area contributed by atoms with Crippen LogP contribution < -0.4 is 0 Å². The van der Waals surface area contributed by atoms with Crippen molar-refractivity contribution in [3.05, 3.63) is 98.1 Å². The molecule has 0 aliphatic rings. The second-order valence-electron chi connectivity index (χ2n) is 6.94. The summed E-state index contributed by atoms with van der Waals surface area (Å²) in [5.41, 5.74) is 3.03. The highest BCUT2D eigenvalue weighted by molar-refractivity contribution is 5.63. The second kappa shape index (κ2) is 7.43. The minimum absolute atomic E-state index is 0.657. The van der Waals surface area contributed by atoms with Gasteiger partial charge in [0.25, 0.3) is 0 Å². The first-order valence-electron chi connectivity index (χ1n) is 9.88. The summed E-state index contributed by atoms with van der Waals surface area (Å²) in [6, 6.07) is 15.2. The van der Waals surface area contributed by atoms with E-state index in [0.717, 1.165) is 11.4 Å². The molecule has 0 saturated carbocycles. The molecule has 6 aromatic rings. The molecule has 6 aromatic heterocycles. The number of rotatable bonds is 5. The average molecular weight is 420 g/mol. The van der Waals surface area contributed by atoms with E-state index in [0.29, 0.717) is 23.0 Å². The maximum atomic E-state index is 4.84. The van der Waals surface area contributed by atoms with Crippen molar-refractivity contribution in [2.75, 3.05) is 0 Å². The quantitative estimate of drug-likeness (QED) is 0.425. The van der Waals surface area contributed by atoms with Crippen molar-refractivity contribution in [2.45, 2.75) is 0 Å². The Morgan fingerprint density at radius 3 is 1.16 bits per heavy atom. The van der Waals surface area contributed by atoms with E-state index in [-0.39, 0.29) is 0 Å². The van der Waals surface area contributed by atoms with Gasteiger partial charge < -0.3 is 0 Å². The molecule has 6 rings (SSSR count). The van der Waals surface area contributed by atoms with Crippen LogP contribution in [-0.4, -0.2) is 49.1 Å². The highest BCUT2D eigenvalue weighted by Gasteiger charge is 2.14. The predicted octanol–water partition coefficient (Wildman–Crippen LogP) is 2.89. The van der Waals surface area contributed by atoms with E-state index in [1.165, 1.54) is 0 Å². The normalized spacial score (nSPS) is 11.1. The zero-order valence-corrected chi connectivity index (χ0v) is 16.7. The van der Waals surface area contributed by atoms with E-state index in [4.69, 9.17) is 9.97 Å².